The number of thioether (sulfide) groups is 1. The highest BCUT2D eigenvalue weighted by Crippen LogP contribution is 2.25. The fourth-order valence-corrected chi connectivity index (χ4v) is 2.54. The Morgan fingerprint density at radius 2 is 1.65 bits per heavy atom. The zero-order valence-corrected chi connectivity index (χ0v) is 10.1. The molecule has 0 heterocycles. The highest BCUT2D eigenvalue weighted by atomic mass is 32.2. The first-order valence-electron chi connectivity index (χ1n) is 5.33. The van der Waals surface area contributed by atoms with Crippen molar-refractivity contribution in [3.8, 4) is 0 Å². The maximum Gasteiger partial charge on any atom is 0.249 e. The van der Waals surface area contributed by atoms with E-state index in [-0.39, 0.29) is 5.91 Å². The van der Waals surface area contributed by atoms with Crippen LogP contribution in [0.1, 0.15) is 15.9 Å². The Bertz CT molecular complexity index is 511. The molecule has 2 aromatic rings. The summed E-state index contributed by atoms with van der Waals surface area (Å²) in [4.78, 5) is 12.2. The summed E-state index contributed by atoms with van der Waals surface area (Å²) in [5.74, 6) is 0.465. The fraction of sp³-hybridized carbons (Fsp3) is 0.0714. The van der Waals surface area contributed by atoms with Gasteiger partial charge in [-0.05, 0) is 17.7 Å². The maximum atomic E-state index is 11.2. The van der Waals surface area contributed by atoms with Crippen LogP contribution < -0.4 is 5.73 Å². The minimum atomic E-state index is -0.374. The molecule has 0 fully saturated rings. The zero-order chi connectivity index (χ0) is 12.1. The number of carbonyl (C=O) groups excluding carboxylic acids is 1. The lowest BCUT2D eigenvalue weighted by Gasteiger charge is -2.05. The maximum absolute atomic E-state index is 11.2. The van der Waals surface area contributed by atoms with Gasteiger partial charge in [0, 0.05) is 10.6 Å². The molecular formula is C14H13NOS. The SMILES string of the molecule is NC(=O)c1ccccc1SCc1ccccc1. The molecule has 2 nitrogen and oxygen atoms in total. The topological polar surface area (TPSA) is 43.1 Å². The van der Waals surface area contributed by atoms with Crippen LogP contribution in [0, 0.1) is 0 Å². The summed E-state index contributed by atoms with van der Waals surface area (Å²) in [5, 5.41) is 0. The lowest BCUT2D eigenvalue weighted by Crippen LogP contribution is -2.11. The van der Waals surface area contributed by atoms with Crippen LogP contribution in [-0.4, -0.2) is 5.91 Å². The molecule has 2 rings (SSSR count). The molecule has 0 radical (unpaired) electrons. The fourth-order valence-electron chi connectivity index (χ4n) is 1.53. The molecule has 0 bridgehead atoms. The van der Waals surface area contributed by atoms with E-state index >= 15 is 0 Å². The Morgan fingerprint density at radius 1 is 1.00 bits per heavy atom. The van der Waals surface area contributed by atoms with Crippen molar-refractivity contribution in [2.45, 2.75) is 10.6 Å². The Kier molecular flexibility index (Phi) is 3.83. The number of nitrogens with two attached hydrogens (primary N) is 1. The first kappa shape index (κ1) is 11.7. The van der Waals surface area contributed by atoms with Gasteiger partial charge in [0.05, 0.1) is 5.56 Å². The molecule has 0 atom stereocenters. The van der Waals surface area contributed by atoms with Crippen molar-refractivity contribution in [2.24, 2.45) is 5.73 Å². The Labute approximate surface area is 105 Å². The van der Waals surface area contributed by atoms with Crippen molar-refractivity contribution in [3.63, 3.8) is 0 Å². The lowest BCUT2D eigenvalue weighted by molar-refractivity contribution is 0.0997. The van der Waals surface area contributed by atoms with E-state index in [0.29, 0.717) is 5.56 Å². The van der Waals surface area contributed by atoms with Gasteiger partial charge in [0.15, 0.2) is 0 Å². The minimum Gasteiger partial charge on any atom is -0.366 e. The average molecular weight is 243 g/mol. The molecule has 0 unspecified atom stereocenters. The van der Waals surface area contributed by atoms with Crippen LogP contribution in [0.2, 0.25) is 0 Å². The van der Waals surface area contributed by atoms with Crippen molar-refractivity contribution in [3.05, 3.63) is 65.7 Å². The van der Waals surface area contributed by atoms with E-state index in [1.165, 1.54) is 5.56 Å². The van der Waals surface area contributed by atoms with E-state index in [1.54, 1.807) is 17.8 Å². The molecule has 0 aliphatic rings. The molecule has 1 amide bonds. The molecule has 0 saturated heterocycles. The zero-order valence-electron chi connectivity index (χ0n) is 9.30. The summed E-state index contributed by atoms with van der Waals surface area (Å²) in [7, 11) is 0. The number of hydrogen-bond acceptors (Lipinski definition) is 2. The van der Waals surface area contributed by atoms with Crippen molar-refractivity contribution in [1.82, 2.24) is 0 Å². The van der Waals surface area contributed by atoms with Gasteiger partial charge in [0.1, 0.15) is 0 Å². The van der Waals surface area contributed by atoms with Gasteiger partial charge >= 0.3 is 0 Å². The third kappa shape index (κ3) is 3.11. The highest BCUT2D eigenvalue weighted by Gasteiger charge is 2.07. The first-order chi connectivity index (χ1) is 8.27. The van der Waals surface area contributed by atoms with Gasteiger partial charge in [0.25, 0.3) is 0 Å². The van der Waals surface area contributed by atoms with Gasteiger partial charge in [0.2, 0.25) is 5.91 Å². The van der Waals surface area contributed by atoms with E-state index in [1.807, 2.05) is 36.4 Å². The molecule has 0 spiro atoms. The van der Waals surface area contributed by atoms with Crippen LogP contribution in [0.5, 0.6) is 0 Å². The van der Waals surface area contributed by atoms with E-state index in [4.69, 9.17) is 5.73 Å². The van der Waals surface area contributed by atoms with Crippen molar-refractivity contribution >= 4 is 17.7 Å². The predicted octanol–water partition coefficient (Wildman–Crippen LogP) is 3.08. The predicted molar refractivity (Wildman–Crippen MR) is 71.0 cm³/mol. The standard InChI is InChI=1S/C14H13NOS/c15-14(16)12-8-4-5-9-13(12)17-10-11-6-2-1-3-7-11/h1-9H,10H2,(H2,15,16). The number of carbonyl (C=O) groups is 1. The summed E-state index contributed by atoms with van der Waals surface area (Å²) in [6.45, 7) is 0. The molecule has 0 aliphatic carbocycles. The average Bonchev–Trinajstić information content (AvgIpc) is 2.38. The van der Waals surface area contributed by atoms with Crippen molar-refractivity contribution in [1.29, 1.82) is 0 Å². The summed E-state index contributed by atoms with van der Waals surface area (Å²) in [6, 6.07) is 17.6. The number of amides is 1. The molecule has 0 aliphatic heterocycles. The highest BCUT2D eigenvalue weighted by molar-refractivity contribution is 7.98. The smallest absolute Gasteiger partial charge is 0.249 e. The molecule has 2 N–H and O–H groups in total. The quantitative estimate of drug-likeness (QED) is 0.839. The van der Waals surface area contributed by atoms with E-state index in [2.05, 4.69) is 12.1 Å². The molecule has 3 heteroatoms. The van der Waals surface area contributed by atoms with Crippen LogP contribution in [0.3, 0.4) is 0 Å². The van der Waals surface area contributed by atoms with Crippen LogP contribution in [0.25, 0.3) is 0 Å². The van der Waals surface area contributed by atoms with Gasteiger partial charge < -0.3 is 5.73 Å². The second kappa shape index (κ2) is 5.55. The van der Waals surface area contributed by atoms with E-state index < -0.39 is 0 Å². The summed E-state index contributed by atoms with van der Waals surface area (Å²) < 4.78 is 0. The number of rotatable bonds is 4. The molecule has 17 heavy (non-hydrogen) atoms. The van der Waals surface area contributed by atoms with E-state index in [0.717, 1.165) is 10.6 Å². The summed E-state index contributed by atoms with van der Waals surface area (Å²) >= 11 is 1.63. The summed E-state index contributed by atoms with van der Waals surface area (Å²) in [6.07, 6.45) is 0. The largest absolute Gasteiger partial charge is 0.366 e. The molecule has 0 aromatic heterocycles. The second-order valence-electron chi connectivity index (χ2n) is 3.63. The molecular weight excluding hydrogens is 230 g/mol. The number of hydrogen-bond donors (Lipinski definition) is 1. The Balaban J connectivity index is 2.12. The van der Waals surface area contributed by atoms with Gasteiger partial charge in [-0.15, -0.1) is 11.8 Å². The van der Waals surface area contributed by atoms with E-state index in [9.17, 15) is 4.79 Å². The molecule has 0 saturated carbocycles. The number of benzene rings is 2. The van der Waals surface area contributed by atoms with Crippen LogP contribution in [-0.2, 0) is 5.75 Å². The van der Waals surface area contributed by atoms with Crippen LogP contribution in [0.4, 0.5) is 0 Å². The normalized spacial score (nSPS) is 10.1. The lowest BCUT2D eigenvalue weighted by atomic mass is 10.2. The second-order valence-corrected chi connectivity index (χ2v) is 4.65. The molecule has 86 valence electrons. The van der Waals surface area contributed by atoms with Crippen molar-refractivity contribution < 1.29 is 4.79 Å². The van der Waals surface area contributed by atoms with Crippen molar-refractivity contribution in [2.75, 3.05) is 0 Å². The minimum absolute atomic E-state index is 0.374. The number of primary amides is 1. The molecule has 2 aromatic carbocycles. The van der Waals surface area contributed by atoms with Gasteiger partial charge in [-0.2, -0.15) is 0 Å². The monoisotopic (exact) mass is 243 g/mol. The van der Waals surface area contributed by atoms with Gasteiger partial charge in [-0.25, -0.2) is 0 Å². The third-order valence-electron chi connectivity index (χ3n) is 2.39. The van der Waals surface area contributed by atoms with Crippen LogP contribution in [0.15, 0.2) is 59.5 Å². The first-order valence-corrected chi connectivity index (χ1v) is 6.31. The van der Waals surface area contributed by atoms with Crippen LogP contribution >= 0.6 is 11.8 Å². The van der Waals surface area contributed by atoms with Gasteiger partial charge in [-0.1, -0.05) is 42.5 Å². The Hall–Kier alpha value is -1.74. The Morgan fingerprint density at radius 3 is 2.35 bits per heavy atom. The summed E-state index contributed by atoms with van der Waals surface area (Å²) in [5.41, 5.74) is 7.16. The third-order valence-corrected chi connectivity index (χ3v) is 3.53. The van der Waals surface area contributed by atoms with Gasteiger partial charge in [-0.3, -0.25) is 4.79 Å².